The average molecular weight is 660 g/mol. The van der Waals surface area contributed by atoms with Crippen molar-refractivity contribution in [3.05, 3.63) is 44.0 Å². The number of nitrogens with one attached hydrogen (secondary N) is 3. The normalized spacial score (nSPS) is 10.2. The Balaban J connectivity index is 0. The fraction of sp³-hybridized carbons (Fsp3) is 0.679. The highest BCUT2D eigenvalue weighted by atomic mass is 16.5. The topological polar surface area (TPSA) is 258 Å². The van der Waals surface area contributed by atoms with Gasteiger partial charge >= 0.3 is 0 Å². The van der Waals surface area contributed by atoms with Crippen LogP contribution in [-0.2, 0) is 36.8 Å². The van der Waals surface area contributed by atoms with Crippen molar-refractivity contribution in [2.45, 2.75) is 61.6 Å². The van der Waals surface area contributed by atoms with Crippen molar-refractivity contribution in [3.8, 4) is 0 Å². The number of aryl methyl sites for hydroxylation is 4. The SMILES string of the molecule is CCOCCOCCn1nc(C)c(N)c1C.COCCOCCOCC[n+]1[nH]c(C)c(N=O)c1C.Cc1[nH][nH+]c(C)c1N=O.[OH-].[OH-]. The molecular formula is C28H53N9O9. The Kier molecular flexibility index (Phi) is 24.7. The van der Waals surface area contributed by atoms with Crippen molar-refractivity contribution in [1.29, 1.82) is 0 Å². The number of hydrogen-bond acceptors (Lipinski definition) is 13. The molecule has 3 heterocycles. The van der Waals surface area contributed by atoms with Crippen LogP contribution in [0.1, 0.15) is 41.1 Å². The molecule has 0 fully saturated rings. The standard InChI is InChI=1S/C12H21N3O4.C11H21N3O2.C5H7N3O.2H2O/c1-10-12(14-16)11(2)15(13-10)4-5-18-8-9-19-7-6-17-3;1-4-15-7-8-16-6-5-14-10(3)11(12)9(2)13-14;1-3-5(8-9)4(2)7-6-3;;/h4-9H2,1-3H3;4-8,12H2,1-3H3;1-2H3,(H,6,7);2*1H2. The maximum absolute atomic E-state index is 10.6. The van der Waals surface area contributed by atoms with E-state index in [9.17, 15) is 9.81 Å². The largest absolute Gasteiger partial charge is 0.870 e. The molecule has 0 atom stereocenters. The van der Waals surface area contributed by atoms with E-state index in [1.54, 1.807) is 21.0 Å². The molecule has 18 heteroatoms. The number of aromatic nitrogens is 6. The summed E-state index contributed by atoms with van der Waals surface area (Å²) in [4.78, 5) is 20.6. The lowest BCUT2D eigenvalue weighted by Gasteiger charge is -2.06. The molecule has 7 N–H and O–H groups in total. The summed E-state index contributed by atoms with van der Waals surface area (Å²) in [5.41, 5.74) is 12.6. The van der Waals surface area contributed by atoms with Crippen LogP contribution in [0.2, 0.25) is 0 Å². The Morgan fingerprint density at radius 2 is 1.39 bits per heavy atom. The second-order valence-corrected chi connectivity index (χ2v) is 9.69. The van der Waals surface area contributed by atoms with Crippen molar-refractivity contribution >= 4 is 17.1 Å². The Hall–Kier alpha value is -3.65. The maximum Gasteiger partial charge on any atom is 0.234 e. The number of nitrogens with zero attached hydrogens (tertiary/aromatic N) is 5. The van der Waals surface area contributed by atoms with Crippen LogP contribution in [0.3, 0.4) is 0 Å². The minimum Gasteiger partial charge on any atom is -0.870 e. The van der Waals surface area contributed by atoms with E-state index in [0.717, 1.165) is 53.0 Å². The van der Waals surface area contributed by atoms with E-state index in [2.05, 4.69) is 30.7 Å². The number of nitrogens with two attached hydrogens (primary N) is 1. The van der Waals surface area contributed by atoms with Gasteiger partial charge in [0.15, 0.2) is 6.54 Å². The number of rotatable bonds is 18. The summed E-state index contributed by atoms with van der Waals surface area (Å²) in [6, 6.07) is 0. The van der Waals surface area contributed by atoms with Crippen molar-refractivity contribution in [2.24, 2.45) is 10.4 Å². The predicted molar refractivity (Wildman–Crippen MR) is 169 cm³/mol. The van der Waals surface area contributed by atoms with Gasteiger partial charge in [-0.2, -0.15) is 15.3 Å². The molecule has 0 saturated heterocycles. The number of ether oxygens (including phenoxy) is 5. The summed E-state index contributed by atoms with van der Waals surface area (Å²) in [6.07, 6.45) is 0. The molecule has 264 valence electrons. The molecule has 0 amide bonds. The van der Waals surface area contributed by atoms with Crippen LogP contribution in [0.5, 0.6) is 0 Å². The summed E-state index contributed by atoms with van der Waals surface area (Å²) >= 11 is 0. The number of anilines is 1. The molecule has 0 aliphatic heterocycles. The molecule has 3 aromatic rings. The average Bonchev–Trinajstić information content (AvgIpc) is 3.58. The van der Waals surface area contributed by atoms with E-state index in [1.807, 2.05) is 44.0 Å². The van der Waals surface area contributed by atoms with Crippen molar-refractivity contribution in [3.63, 3.8) is 0 Å². The van der Waals surface area contributed by atoms with Crippen LogP contribution < -0.4 is 15.5 Å². The molecule has 0 aliphatic carbocycles. The summed E-state index contributed by atoms with van der Waals surface area (Å²) in [6.45, 7) is 20.0. The first-order valence-electron chi connectivity index (χ1n) is 14.5. The van der Waals surface area contributed by atoms with Crippen LogP contribution >= 0.6 is 0 Å². The van der Waals surface area contributed by atoms with E-state index < -0.39 is 0 Å². The van der Waals surface area contributed by atoms with E-state index in [1.165, 1.54) is 0 Å². The monoisotopic (exact) mass is 659 g/mol. The molecule has 0 spiro atoms. The Bertz CT molecular complexity index is 1230. The highest BCUT2D eigenvalue weighted by Crippen LogP contribution is 2.18. The lowest BCUT2D eigenvalue weighted by atomic mass is 10.3. The van der Waals surface area contributed by atoms with Gasteiger partial charge in [-0.3, -0.25) is 4.68 Å². The first kappa shape index (κ1) is 44.5. The van der Waals surface area contributed by atoms with Crippen molar-refractivity contribution < 1.29 is 44.4 Å². The fourth-order valence-electron chi connectivity index (χ4n) is 3.88. The zero-order valence-electron chi connectivity index (χ0n) is 28.3. The predicted octanol–water partition coefficient (Wildman–Crippen LogP) is 2.62. The van der Waals surface area contributed by atoms with Crippen LogP contribution in [0.15, 0.2) is 10.4 Å². The molecule has 18 nitrogen and oxygen atoms in total. The van der Waals surface area contributed by atoms with Crippen LogP contribution in [0.25, 0.3) is 0 Å². The van der Waals surface area contributed by atoms with E-state index in [-0.39, 0.29) is 11.0 Å². The third kappa shape index (κ3) is 15.6. The van der Waals surface area contributed by atoms with Gasteiger partial charge in [0.1, 0.15) is 18.0 Å². The Morgan fingerprint density at radius 1 is 0.826 bits per heavy atom. The van der Waals surface area contributed by atoms with Gasteiger partial charge in [-0.15, -0.1) is 19.6 Å². The lowest BCUT2D eigenvalue weighted by Crippen LogP contribution is -2.40. The first-order valence-corrected chi connectivity index (χ1v) is 14.5. The van der Waals surface area contributed by atoms with Crippen molar-refractivity contribution in [1.82, 2.24) is 20.0 Å². The Labute approximate surface area is 269 Å². The minimum absolute atomic E-state index is 0. The summed E-state index contributed by atoms with van der Waals surface area (Å²) in [7, 11) is 1.64. The van der Waals surface area contributed by atoms with Crippen molar-refractivity contribution in [2.75, 3.05) is 72.3 Å². The van der Waals surface area contributed by atoms with Gasteiger partial charge in [0.05, 0.1) is 69.9 Å². The van der Waals surface area contributed by atoms with Gasteiger partial charge in [-0.1, -0.05) is 0 Å². The molecule has 0 unspecified atom stereocenters. The number of aromatic amines is 3. The van der Waals surface area contributed by atoms with Gasteiger partial charge < -0.3 is 40.4 Å². The zero-order chi connectivity index (χ0) is 32.9. The zero-order valence-corrected chi connectivity index (χ0v) is 28.3. The quantitative estimate of drug-likeness (QED) is 0.101. The maximum atomic E-state index is 10.6. The van der Waals surface area contributed by atoms with E-state index >= 15 is 0 Å². The highest BCUT2D eigenvalue weighted by molar-refractivity contribution is 5.46. The van der Waals surface area contributed by atoms with E-state index in [0.29, 0.717) is 70.8 Å². The van der Waals surface area contributed by atoms with Gasteiger partial charge in [-0.05, 0) is 45.0 Å². The highest BCUT2D eigenvalue weighted by Gasteiger charge is 2.19. The summed E-state index contributed by atoms with van der Waals surface area (Å²) in [5, 5.41) is 18.8. The van der Waals surface area contributed by atoms with Gasteiger partial charge in [0.25, 0.3) is 0 Å². The smallest absolute Gasteiger partial charge is 0.234 e. The third-order valence-corrected chi connectivity index (χ3v) is 6.46. The first-order chi connectivity index (χ1) is 21.1. The molecule has 0 saturated carbocycles. The minimum atomic E-state index is 0. The number of nitroso groups, excluding NO2 is 2. The lowest BCUT2D eigenvalue weighted by molar-refractivity contribution is -0.756. The molecule has 0 radical (unpaired) electrons. The molecule has 3 aromatic heterocycles. The summed E-state index contributed by atoms with van der Waals surface area (Å²) < 4.78 is 29.9. The van der Waals surface area contributed by atoms with Crippen LogP contribution in [0.4, 0.5) is 17.1 Å². The number of methoxy groups -OCH3 is 1. The van der Waals surface area contributed by atoms with E-state index in [4.69, 9.17) is 29.4 Å². The molecule has 0 aromatic carbocycles. The number of hydrogen-bond donors (Lipinski definition) is 3. The Morgan fingerprint density at radius 3 is 1.85 bits per heavy atom. The number of H-pyrrole nitrogens is 3. The molecule has 46 heavy (non-hydrogen) atoms. The molecule has 0 aliphatic rings. The van der Waals surface area contributed by atoms with Gasteiger partial charge in [0.2, 0.25) is 22.8 Å². The molecule has 0 bridgehead atoms. The van der Waals surface area contributed by atoms with Crippen LogP contribution in [0, 0.1) is 51.4 Å². The van der Waals surface area contributed by atoms with Crippen LogP contribution in [-0.4, -0.2) is 97.5 Å². The molecule has 3 rings (SSSR count). The fourth-order valence-corrected chi connectivity index (χ4v) is 3.88. The van der Waals surface area contributed by atoms with Gasteiger partial charge in [-0.25, -0.2) is 0 Å². The summed E-state index contributed by atoms with van der Waals surface area (Å²) in [5.74, 6) is 0. The number of nitrogen functional groups attached to an aromatic ring is 1. The molecular weight excluding hydrogens is 606 g/mol. The second kappa shape index (κ2) is 25.5. The third-order valence-electron chi connectivity index (χ3n) is 6.46. The van der Waals surface area contributed by atoms with Gasteiger partial charge in [0, 0.05) is 27.6 Å². The second-order valence-electron chi connectivity index (χ2n) is 9.69.